The molecule has 6 rings (SSSR count). The van der Waals surface area contributed by atoms with Crippen LogP contribution in [0, 0.1) is 0 Å². The molecule has 64 heavy (non-hydrogen) atoms. The van der Waals surface area contributed by atoms with E-state index in [1.165, 1.54) is 12.0 Å². The van der Waals surface area contributed by atoms with Crippen LogP contribution in [0.25, 0.3) is 22.2 Å². The van der Waals surface area contributed by atoms with Gasteiger partial charge >= 0.3 is 12.2 Å². The maximum absolute atomic E-state index is 12.3. The van der Waals surface area contributed by atoms with Crippen LogP contribution in [0.3, 0.4) is 0 Å². The third-order valence-electron chi connectivity index (χ3n) is 9.12. The highest BCUT2D eigenvalue weighted by molar-refractivity contribution is 5.92. The van der Waals surface area contributed by atoms with Crippen molar-refractivity contribution in [3.63, 3.8) is 0 Å². The molecule has 0 spiro atoms. The average Bonchev–Trinajstić information content (AvgIpc) is 3.84. The zero-order valence-corrected chi connectivity index (χ0v) is 37.3. The van der Waals surface area contributed by atoms with Gasteiger partial charge in [0.25, 0.3) is 12.0 Å². The number of oxazole rings is 2. The molecular formula is C46H56N8O10. The fourth-order valence-corrected chi connectivity index (χ4v) is 6.14. The minimum absolute atomic E-state index is 0.169. The molecule has 18 heteroatoms. The zero-order chi connectivity index (χ0) is 46.4. The average molecular weight is 881 g/mol. The summed E-state index contributed by atoms with van der Waals surface area (Å²) in [6.07, 6.45) is -0.135. The van der Waals surface area contributed by atoms with Crippen molar-refractivity contribution in [3.05, 3.63) is 84.9 Å². The molecule has 0 bridgehead atoms. The highest BCUT2D eigenvalue weighted by atomic mass is 16.6. The van der Waals surface area contributed by atoms with Crippen LogP contribution in [0.2, 0.25) is 0 Å². The number of anilines is 6. The number of methoxy groups -OCH3 is 2. The van der Waals surface area contributed by atoms with E-state index in [0.717, 1.165) is 11.0 Å². The first kappa shape index (κ1) is 47.5. The van der Waals surface area contributed by atoms with Crippen LogP contribution in [0.1, 0.15) is 67.2 Å². The number of nitrogens with one attached hydrogen (secondary N) is 5. The monoisotopic (exact) mass is 880 g/mol. The first-order chi connectivity index (χ1) is 30.4. The molecule has 4 aromatic carbocycles. The molecule has 0 aliphatic rings. The summed E-state index contributed by atoms with van der Waals surface area (Å²) in [6.45, 7) is 11.5. The molecule has 6 N–H and O–H groups in total. The lowest BCUT2D eigenvalue weighted by molar-refractivity contribution is -0.117. The normalized spacial score (nSPS) is 11.2. The molecular weight excluding hydrogens is 825 g/mol. The number of alkyl carbamates (subject to hydrolysis) is 1. The highest BCUT2D eigenvalue weighted by Gasteiger charge is 2.25. The molecule has 0 unspecified atom stereocenters. The number of amides is 4. The van der Waals surface area contributed by atoms with Gasteiger partial charge in [0.1, 0.15) is 28.1 Å². The van der Waals surface area contributed by atoms with Crippen LogP contribution in [0.4, 0.5) is 44.4 Å². The Bertz CT molecular complexity index is 2470. The Balaban J connectivity index is 0.000000241. The lowest BCUT2D eigenvalue weighted by Crippen LogP contribution is -2.45. The third-order valence-corrected chi connectivity index (χ3v) is 9.12. The molecule has 0 atom stereocenters. The molecule has 0 fully saturated rings. The van der Waals surface area contributed by atoms with Crippen molar-refractivity contribution in [3.8, 4) is 11.5 Å². The van der Waals surface area contributed by atoms with E-state index in [0.29, 0.717) is 76.8 Å². The number of benzene rings is 4. The zero-order valence-electron chi connectivity index (χ0n) is 37.3. The fourth-order valence-electron chi connectivity index (χ4n) is 6.14. The third kappa shape index (κ3) is 14.3. The number of nitrogens with zero attached hydrogens (tertiary/aromatic N) is 3. The van der Waals surface area contributed by atoms with Gasteiger partial charge in [0, 0.05) is 55.0 Å². The molecule has 340 valence electrons. The fraction of sp³-hybridized carbons (Fsp3) is 0.348. The number of hydrogen-bond donors (Lipinski definition) is 6. The van der Waals surface area contributed by atoms with Crippen LogP contribution in [-0.4, -0.2) is 82.4 Å². The van der Waals surface area contributed by atoms with E-state index in [1.54, 1.807) is 64.3 Å². The number of fused-ring (bicyclic) bond motifs is 2. The minimum atomic E-state index is -0.996. The van der Waals surface area contributed by atoms with Crippen molar-refractivity contribution in [1.82, 2.24) is 20.2 Å². The summed E-state index contributed by atoms with van der Waals surface area (Å²) in [4.78, 5) is 57.7. The summed E-state index contributed by atoms with van der Waals surface area (Å²) >= 11 is 0. The van der Waals surface area contributed by atoms with Gasteiger partial charge in [-0.2, -0.15) is 9.97 Å². The Morgan fingerprint density at radius 2 is 1.14 bits per heavy atom. The van der Waals surface area contributed by atoms with Gasteiger partial charge in [0.2, 0.25) is 11.8 Å². The SMILES string of the molecule is COc1cc(NC(=O)CCCN(C(=O)O)C(C)(C)C)ccc1Nc1nc2ccccc2o1.COc1cc(NC(=O)CCCNC(=O)OC(C)(C)C)ccc1Nc1nc2ccccc2o1. The Kier molecular flexibility index (Phi) is 16.0. The number of ether oxygens (including phenoxy) is 3. The van der Waals surface area contributed by atoms with Gasteiger partial charge in [-0.25, -0.2) is 9.59 Å². The largest absolute Gasteiger partial charge is 0.494 e. The molecule has 6 aromatic rings. The van der Waals surface area contributed by atoms with Gasteiger partial charge in [0.05, 0.1) is 25.6 Å². The molecule has 0 aliphatic heterocycles. The van der Waals surface area contributed by atoms with Crippen molar-refractivity contribution in [2.45, 2.75) is 78.4 Å². The van der Waals surface area contributed by atoms with Gasteiger partial charge in [-0.1, -0.05) is 24.3 Å². The lowest BCUT2D eigenvalue weighted by Gasteiger charge is -2.33. The Hall–Kier alpha value is -7.50. The molecule has 0 radical (unpaired) electrons. The first-order valence-electron chi connectivity index (χ1n) is 20.6. The smallest absolute Gasteiger partial charge is 0.407 e. The second-order valence-electron chi connectivity index (χ2n) is 16.4. The summed E-state index contributed by atoms with van der Waals surface area (Å²) in [5, 5.41) is 23.8. The molecule has 0 saturated carbocycles. The van der Waals surface area contributed by atoms with Crippen molar-refractivity contribution in [2.24, 2.45) is 0 Å². The quantitative estimate of drug-likeness (QED) is 0.0497. The topological polar surface area (TPSA) is 232 Å². The summed E-state index contributed by atoms with van der Waals surface area (Å²) < 4.78 is 27.4. The lowest BCUT2D eigenvalue weighted by atomic mass is 10.1. The highest BCUT2D eigenvalue weighted by Crippen LogP contribution is 2.33. The van der Waals surface area contributed by atoms with E-state index in [-0.39, 0.29) is 31.2 Å². The molecule has 2 heterocycles. The number of carbonyl (C=O) groups excluding carboxylic acids is 3. The number of rotatable bonds is 16. The molecule has 2 aromatic heterocycles. The number of para-hydroxylation sites is 4. The van der Waals surface area contributed by atoms with E-state index in [9.17, 15) is 24.3 Å². The van der Waals surface area contributed by atoms with Crippen LogP contribution >= 0.6 is 0 Å². The number of aromatic nitrogens is 2. The van der Waals surface area contributed by atoms with Crippen LogP contribution in [0.5, 0.6) is 11.5 Å². The minimum Gasteiger partial charge on any atom is -0.494 e. The predicted molar refractivity (Wildman–Crippen MR) is 245 cm³/mol. The van der Waals surface area contributed by atoms with Gasteiger partial charge in [-0.15, -0.1) is 0 Å². The molecule has 0 aliphatic carbocycles. The number of carbonyl (C=O) groups is 4. The summed E-state index contributed by atoms with van der Waals surface area (Å²) in [7, 11) is 3.08. The van der Waals surface area contributed by atoms with Crippen molar-refractivity contribution < 1.29 is 47.3 Å². The van der Waals surface area contributed by atoms with Crippen LogP contribution in [0.15, 0.2) is 93.8 Å². The van der Waals surface area contributed by atoms with Crippen LogP contribution in [-0.2, 0) is 14.3 Å². The summed E-state index contributed by atoms with van der Waals surface area (Å²) in [6, 6.07) is 26.0. The summed E-state index contributed by atoms with van der Waals surface area (Å²) in [5.74, 6) is 0.662. The maximum Gasteiger partial charge on any atom is 0.407 e. The molecule has 4 amide bonds. The standard InChI is InChI=1S/2C23H28N4O5/c1-23(2,3)27(22(29)30)13-7-10-20(28)24-15-11-12-17(19(14-15)31-4)26-21-25-16-8-5-6-9-18(16)32-21;1-23(2,3)32-22(29)24-13-7-10-20(28)25-15-11-12-17(19(14-15)30-4)27-21-26-16-8-5-6-9-18(16)31-21/h5-6,8-9,11-12,14H,7,10,13H2,1-4H3,(H,24,28)(H,25,26)(H,29,30);5-6,8-9,11-12,14H,7,10,13H2,1-4H3,(H,24,29)(H,25,28)(H,26,27). The van der Waals surface area contributed by atoms with Gasteiger partial charge in [-0.3, -0.25) is 9.59 Å². The second kappa shape index (κ2) is 21.5. The first-order valence-corrected chi connectivity index (χ1v) is 20.6. The van der Waals surface area contributed by atoms with Crippen LogP contribution < -0.4 is 36.1 Å². The Labute approximate surface area is 371 Å². The molecule has 18 nitrogen and oxygen atoms in total. The van der Waals surface area contributed by atoms with E-state index < -0.39 is 23.3 Å². The second-order valence-corrected chi connectivity index (χ2v) is 16.4. The predicted octanol–water partition coefficient (Wildman–Crippen LogP) is 9.90. The maximum atomic E-state index is 12.3. The van der Waals surface area contributed by atoms with Gasteiger partial charge in [0.15, 0.2) is 11.2 Å². The number of carboxylic acid groups (broad SMARTS) is 1. The van der Waals surface area contributed by atoms with Gasteiger partial charge in [-0.05, 0) is 103 Å². The van der Waals surface area contributed by atoms with E-state index in [4.69, 9.17) is 23.0 Å². The Morgan fingerprint density at radius 3 is 1.56 bits per heavy atom. The van der Waals surface area contributed by atoms with Crippen molar-refractivity contribution in [1.29, 1.82) is 0 Å². The Morgan fingerprint density at radius 1 is 0.672 bits per heavy atom. The van der Waals surface area contributed by atoms with Crippen molar-refractivity contribution >= 4 is 81.0 Å². The van der Waals surface area contributed by atoms with Crippen molar-refractivity contribution in [2.75, 3.05) is 48.6 Å². The van der Waals surface area contributed by atoms with Gasteiger partial charge < -0.3 is 59.6 Å². The van der Waals surface area contributed by atoms with E-state index in [1.807, 2.05) is 69.3 Å². The van der Waals surface area contributed by atoms with E-state index in [2.05, 4.69) is 36.6 Å². The number of hydrogen-bond acceptors (Lipinski definition) is 13. The molecule has 0 saturated heterocycles. The summed E-state index contributed by atoms with van der Waals surface area (Å²) in [5.41, 5.74) is 4.22. The van der Waals surface area contributed by atoms with E-state index >= 15 is 0 Å².